The van der Waals surface area contributed by atoms with Gasteiger partial charge >= 0.3 is 0 Å². The quantitative estimate of drug-likeness (QED) is 0.469. The zero-order valence-electron chi connectivity index (χ0n) is 19.3. The largest absolute Gasteiger partial charge is 0.496 e. The smallest absolute Gasteiger partial charge is 0.266 e. The van der Waals surface area contributed by atoms with E-state index in [1.54, 1.807) is 41.5 Å². The Kier molecular flexibility index (Phi) is 6.00. The van der Waals surface area contributed by atoms with Crippen molar-refractivity contribution in [3.8, 4) is 17.2 Å². The van der Waals surface area contributed by atoms with E-state index in [1.807, 2.05) is 30.3 Å². The summed E-state index contributed by atoms with van der Waals surface area (Å²) in [7, 11) is 4.59. The van der Waals surface area contributed by atoms with Crippen LogP contribution >= 0.6 is 11.6 Å². The number of hydrogen-bond acceptors (Lipinski definition) is 7. The molecule has 0 N–H and O–H groups in total. The number of hydrogen-bond donors (Lipinski definition) is 0. The van der Waals surface area contributed by atoms with Crippen molar-refractivity contribution in [2.24, 2.45) is 5.92 Å². The fourth-order valence-electron chi connectivity index (χ4n) is 4.68. The predicted octanol–water partition coefficient (Wildman–Crippen LogP) is 4.42. The third kappa shape index (κ3) is 3.75. The molecule has 2 saturated heterocycles. The van der Waals surface area contributed by atoms with E-state index < -0.39 is 24.0 Å². The zero-order valence-corrected chi connectivity index (χ0v) is 20.1. The van der Waals surface area contributed by atoms with Crippen molar-refractivity contribution in [2.45, 2.75) is 12.1 Å². The number of carbonyl (C=O) groups is 2. The van der Waals surface area contributed by atoms with Crippen molar-refractivity contribution in [1.29, 1.82) is 0 Å². The lowest BCUT2D eigenvalue weighted by Crippen LogP contribution is -2.37. The van der Waals surface area contributed by atoms with Crippen molar-refractivity contribution in [3.63, 3.8) is 0 Å². The van der Waals surface area contributed by atoms with Crippen LogP contribution in [0.2, 0.25) is 5.02 Å². The van der Waals surface area contributed by atoms with Gasteiger partial charge in [0.1, 0.15) is 17.7 Å². The Bertz CT molecular complexity index is 1280. The molecule has 2 aliphatic heterocycles. The summed E-state index contributed by atoms with van der Waals surface area (Å²) >= 11 is 6.14. The van der Waals surface area contributed by atoms with Gasteiger partial charge in [-0.2, -0.15) is 0 Å². The molecule has 3 aromatic carbocycles. The first-order chi connectivity index (χ1) is 17.0. The van der Waals surface area contributed by atoms with Gasteiger partial charge in [0.2, 0.25) is 5.91 Å². The highest BCUT2D eigenvalue weighted by Crippen LogP contribution is 2.51. The molecule has 0 aromatic heterocycles. The lowest BCUT2D eigenvalue weighted by molar-refractivity contribution is -0.126. The monoisotopic (exact) mass is 494 g/mol. The highest BCUT2D eigenvalue weighted by molar-refractivity contribution is 6.31. The van der Waals surface area contributed by atoms with Gasteiger partial charge in [-0.3, -0.25) is 14.4 Å². The normalized spacial score (nSPS) is 21.3. The van der Waals surface area contributed by atoms with Crippen molar-refractivity contribution in [2.75, 3.05) is 31.3 Å². The molecule has 2 heterocycles. The molecular formula is C26H23ClN2O6. The van der Waals surface area contributed by atoms with Gasteiger partial charge in [-0.15, -0.1) is 0 Å². The van der Waals surface area contributed by atoms with Gasteiger partial charge in [-0.05, 0) is 36.4 Å². The van der Waals surface area contributed by atoms with E-state index in [1.165, 1.54) is 21.3 Å². The molecule has 0 radical (unpaired) electrons. The highest BCUT2D eigenvalue weighted by atomic mass is 35.5. The molecule has 0 saturated carbocycles. The molecule has 0 bridgehead atoms. The molecule has 9 heteroatoms. The van der Waals surface area contributed by atoms with Crippen LogP contribution in [0.5, 0.6) is 17.2 Å². The maximum absolute atomic E-state index is 13.8. The van der Waals surface area contributed by atoms with E-state index >= 15 is 0 Å². The van der Waals surface area contributed by atoms with Crippen molar-refractivity contribution >= 4 is 34.8 Å². The number of nitrogens with zero attached hydrogens (tertiary/aromatic N) is 2. The number of halogens is 1. The second kappa shape index (κ2) is 9.13. The van der Waals surface area contributed by atoms with Crippen LogP contribution in [0.15, 0.2) is 66.7 Å². The predicted molar refractivity (Wildman–Crippen MR) is 130 cm³/mol. The van der Waals surface area contributed by atoms with Crippen LogP contribution < -0.4 is 24.2 Å². The van der Waals surface area contributed by atoms with E-state index in [0.717, 1.165) is 4.90 Å². The third-order valence-electron chi connectivity index (χ3n) is 6.25. The third-order valence-corrected chi connectivity index (χ3v) is 6.48. The minimum atomic E-state index is -1.02. The average Bonchev–Trinajstić information content (AvgIpc) is 3.39. The van der Waals surface area contributed by atoms with Crippen LogP contribution in [0.25, 0.3) is 0 Å². The minimum Gasteiger partial charge on any atom is -0.496 e. The number of amides is 2. The van der Waals surface area contributed by atoms with Gasteiger partial charge in [0.05, 0.1) is 32.7 Å². The van der Waals surface area contributed by atoms with E-state index in [4.69, 9.17) is 30.6 Å². The molecule has 2 fully saturated rings. The SMILES string of the molecule is COc1cc(OC)c([C@@H]2[C@@H]3C(=O)N(c4cccc(Cl)c4)C(=O)[C@H]3ON2c2ccccc2)cc1OC. The molecule has 5 rings (SSSR count). The Labute approximate surface area is 207 Å². The Hall–Kier alpha value is -3.75. The number of hydroxylamine groups is 1. The first-order valence-corrected chi connectivity index (χ1v) is 11.3. The van der Waals surface area contributed by atoms with Crippen LogP contribution in [0, 0.1) is 5.92 Å². The number of carbonyl (C=O) groups excluding carboxylic acids is 2. The summed E-state index contributed by atoms with van der Waals surface area (Å²) in [5.74, 6) is -0.270. The average molecular weight is 495 g/mol. The second-order valence-corrected chi connectivity index (χ2v) is 8.54. The molecule has 8 nitrogen and oxygen atoms in total. The highest BCUT2D eigenvalue weighted by Gasteiger charge is 2.61. The van der Waals surface area contributed by atoms with E-state index in [2.05, 4.69) is 0 Å². The van der Waals surface area contributed by atoms with Crippen molar-refractivity contribution < 1.29 is 28.6 Å². The number of benzene rings is 3. The maximum Gasteiger partial charge on any atom is 0.266 e. The number of fused-ring (bicyclic) bond motifs is 1. The topological polar surface area (TPSA) is 77.5 Å². The molecule has 3 atom stereocenters. The summed E-state index contributed by atoms with van der Waals surface area (Å²) in [4.78, 5) is 34.6. The molecule has 0 unspecified atom stereocenters. The van der Waals surface area contributed by atoms with Crippen LogP contribution in [0.1, 0.15) is 11.6 Å². The summed E-state index contributed by atoms with van der Waals surface area (Å²) in [6, 6.07) is 18.7. The Morgan fingerprint density at radius 1 is 0.771 bits per heavy atom. The number of imide groups is 1. The number of methoxy groups -OCH3 is 3. The van der Waals surface area contributed by atoms with Crippen molar-refractivity contribution in [1.82, 2.24) is 0 Å². The fraction of sp³-hybridized carbons (Fsp3) is 0.231. The Balaban J connectivity index is 1.66. The first kappa shape index (κ1) is 23.0. The van der Waals surface area contributed by atoms with Gasteiger partial charge in [0, 0.05) is 16.7 Å². The summed E-state index contributed by atoms with van der Waals surface area (Å²) in [5.41, 5.74) is 1.71. The van der Waals surface area contributed by atoms with Gasteiger partial charge in [0.15, 0.2) is 17.6 Å². The molecule has 180 valence electrons. The molecule has 2 amide bonds. The molecule has 3 aromatic rings. The standard InChI is InChI=1S/C26H23ClN2O6/c1-32-19-14-21(34-3)20(33-2)13-18(19)23-22-24(35-29(23)16-9-5-4-6-10-16)26(31)28(25(22)30)17-11-7-8-15(27)12-17/h4-14,22-24H,1-3H3/t22-,23+,24-/m0/s1. The van der Waals surface area contributed by atoms with Gasteiger partial charge in [-0.25, -0.2) is 9.96 Å². The maximum atomic E-state index is 13.8. The van der Waals surface area contributed by atoms with Gasteiger partial charge < -0.3 is 14.2 Å². The van der Waals surface area contributed by atoms with E-state index in [-0.39, 0.29) is 5.91 Å². The molecule has 35 heavy (non-hydrogen) atoms. The zero-order chi connectivity index (χ0) is 24.7. The Morgan fingerprint density at radius 2 is 1.43 bits per heavy atom. The van der Waals surface area contributed by atoms with Crippen LogP contribution in [-0.2, 0) is 14.4 Å². The Morgan fingerprint density at radius 3 is 2.09 bits per heavy atom. The summed E-state index contributed by atoms with van der Waals surface area (Å²) < 4.78 is 16.6. The fourth-order valence-corrected chi connectivity index (χ4v) is 4.87. The number of ether oxygens (including phenoxy) is 3. The van der Waals surface area contributed by atoms with Crippen LogP contribution in [0.4, 0.5) is 11.4 Å². The molecule has 0 spiro atoms. The lowest BCUT2D eigenvalue weighted by atomic mass is 9.89. The van der Waals surface area contributed by atoms with Gasteiger partial charge in [0.25, 0.3) is 5.91 Å². The van der Waals surface area contributed by atoms with Crippen LogP contribution in [-0.4, -0.2) is 39.2 Å². The number of rotatable bonds is 6. The minimum absolute atomic E-state index is 0.387. The second-order valence-electron chi connectivity index (χ2n) is 8.10. The van der Waals surface area contributed by atoms with Gasteiger partial charge in [-0.1, -0.05) is 35.9 Å². The first-order valence-electron chi connectivity index (χ1n) is 10.9. The summed E-state index contributed by atoms with van der Waals surface area (Å²) in [6.07, 6.45) is -1.02. The van der Waals surface area contributed by atoms with E-state index in [0.29, 0.717) is 39.2 Å². The van der Waals surface area contributed by atoms with Crippen LogP contribution in [0.3, 0.4) is 0 Å². The summed E-state index contributed by atoms with van der Waals surface area (Å²) in [5, 5.41) is 2.02. The molecular weight excluding hydrogens is 472 g/mol. The number of anilines is 2. The van der Waals surface area contributed by atoms with Crippen molar-refractivity contribution in [3.05, 3.63) is 77.3 Å². The molecule has 2 aliphatic rings. The molecule has 0 aliphatic carbocycles. The van der Waals surface area contributed by atoms with E-state index in [9.17, 15) is 9.59 Å². The number of para-hydroxylation sites is 1. The summed E-state index contributed by atoms with van der Waals surface area (Å²) in [6.45, 7) is 0. The lowest BCUT2D eigenvalue weighted by Gasteiger charge is -2.30.